The van der Waals surface area contributed by atoms with E-state index in [0.717, 1.165) is 25.7 Å². The van der Waals surface area contributed by atoms with Crippen molar-refractivity contribution in [3.8, 4) is 0 Å². The van der Waals surface area contributed by atoms with Crippen LogP contribution in [0.25, 0.3) is 0 Å². The molecule has 0 aromatic heterocycles. The third-order valence-corrected chi connectivity index (χ3v) is 4.52. The van der Waals surface area contributed by atoms with E-state index >= 15 is 0 Å². The van der Waals surface area contributed by atoms with Gasteiger partial charge < -0.3 is 29.9 Å². The Hall–Kier alpha value is -0.240. The van der Waals surface area contributed by atoms with E-state index in [1.807, 2.05) is 13.8 Å². The smallest absolute Gasteiger partial charge is 0.184 e. The summed E-state index contributed by atoms with van der Waals surface area (Å²) in [4.78, 5) is 0. The fraction of sp³-hybridized carbons (Fsp3) is 1.00. The van der Waals surface area contributed by atoms with Gasteiger partial charge in [0.15, 0.2) is 6.29 Å². The molecule has 1 aliphatic rings. The third-order valence-electron chi connectivity index (χ3n) is 4.52. The van der Waals surface area contributed by atoms with Crippen molar-refractivity contribution in [2.75, 3.05) is 6.61 Å². The van der Waals surface area contributed by atoms with Crippen molar-refractivity contribution in [2.24, 2.45) is 5.92 Å². The molecule has 0 bridgehead atoms. The van der Waals surface area contributed by atoms with Gasteiger partial charge in [0, 0.05) is 0 Å². The van der Waals surface area contributed by atoms with Crippen molar-refractivity contribution in [1.29, 1.82) is 0 Å². The zero-order valence-electron chi connectivity index (χ0n) is 14.1. The molecule has 1 aliphatic heterocycles. The number of hydrogen-bond donors (Lipinski definition) is 4. The zero-order chi connectivity index (χ0) is 16.9. The second kappa shape index (κ2) is 8.57. The summed E-state index contributed by atoms with van der Waals surface area (Å²) in [5.41, 5.74) is -0.329. The van der Waals surface area contributed by atoms with Crippen LogP contribution in [0.4, 0.5) is 0 Å². The first-order chi connectivity index (χ1) is 10.2. The summed E-state index contributed by atoms with van der Waals surface area (Å²) in [6.45, 7) is 8.49. The van der Waals surface area contributed by atoms with Gasteiger partial charge in [0.25, 0.3) is 0 Å². The van der Waals surface area contributed by atoms with E-state index in [-0.39, 0.29) is 12.2 Å². The highest BCUT2D eigenvalue weighted by Gasteiger charge is 2.43. The molecule has 1 saturated heterocycles. The average Bonchev–Trinajstić information content (AvgIpc) is 2.47. The van der Waals surface area contributed by atoms with Gasteiger partial charge in [0.05, 0.1) is 12.2 Å². The molecule has 1 heterocycles. The molecule has 22 heavy (non-hydrogen) atoms. The van der Waals surface area contributed by atoms with Crippen LogP contribution in [0.1, 0.15) is 53.4 Å². The Balaban J connectivity index is 2.51. The molecule has 0 radical (unpaired) electrons. The molecule has 0 aromatic rings. The normalized spacial score (nSPS) is 35.6. The van der Waals surface area contributed by atoms with E-state index in [0.29, 0.717) is 5.92 Å². The van der Waals surface area contributed by atoms with Gasteiger partial charge in [-0.05, 0) is 25.7 Å². The Morgan fingerprint density at radius 3 is 2.27 bits per heavy atom. The predicted molar refractivity (Wildman–Crippen MR) is 82.2 cm³/mol. The lowest BCUT2D eigenvalue weighted by atomic mass is 9.93. The standard InChI is InChI=1S/C16H32O6/c1-5-16(4,8-6-7-10(2)3)21-9-11-12(17)13(18)14(19)15(20)22-11/h10-15,17-20H,5-9H2,1-4H3. The molecular formula is C16H32O6. The van der Waals surface area contributed by atoms with Gasteiger partial charge in [-0.15, -0.1) is 0 Å². The number of hydrogen-bond acceptors (Lipinski definition) is 6. The van der Waals surface area contributed by atoms with Crippen LogP contribution >= 0.6 is 0 Å². The maximum Gasteiger partial charge on any atom is 0.184 e. The highest BCUT2D eigenvalue weighted by Crippen LogP contribution is 2.27. The Labute approximate surface area is 133 Å². The summed E-state index contributed by atoms with van der Waals surface area (Å²) < 4.78 is 11.0. The van der Waals surface area contributed by atoms with E-state index in [1.54, 1.807) is 0 Å². The van der Waals surface area contributed by atoms with Crippen molar-refractivity contribution in [3.63, 3.8) is 0 Å². The number of aliphatic hydroxyl groups excluding tert-OH is 4. The van der Waals surface area contributed by atoms with Crippen molar-refractivity contribution in [1.82, 2.24) is 0 Å². The Bertz CT molecular complexity index is 324. The lowest BCUT2D eigenvalue weighted by Crippen LogP contribution is -2.59. The van der Waals surface area contributed by atoms with Gasteiger partial charge in [-0.1, -0.05) is 33.6 Å². The number of rotatable bonds is 8. The monoisotopic (exact) mass is 320 g/mol. The molecule has 6 unspecified atom stereocenters. The van der Waals surface area contributed by atoms with Crippen LogP contribution in [-0.2, 0) is 9.47 Å². The molecule has 0 aliphatic carbocycles. The molecular weight excluding hydrogens is 288 g/mol. The number of aliphatic hydroxyl groups is 4. The second-order valence-electron chi connectivity index (χ2n) is 6.94. The highest BCUT2D eigenvalue weighted by molar-refractivity contribution is 4.89. The minimum atomic E-state index is -1.51. The van der Waals surface area contributed by atoms with Gasteiger partial charge in [-0.2, -0.15) is 0 Å². The molecule has 4 N–H and O–H groups in total. The van der Waals surface area contributed by atoms with Gasteiger partial charge in [-0.25, -0.2) is 0 Å². The quantitative estimate of drug-likeness (QED) is 0.528. The first-order valence-electron chi connectivity index (χ1n) is 8.22. The third kappa shape index (κ3) is 5.44. The predicted octanol–water partition coefficient (Wildman–Crippen LogP) is 0.798. The van der Waals surface area contributed by atoms with Crippen LogP contribution < -0.4 is 0 Å². The zero-order valence-corrected chi connectivity index (χ0v) is 14.1. The summed E-state index contributed by atoms with van der Waals surface area (Å²) in [7, 11) is 0. The van der Waals surface area contributed by atoms with E-state index in [1.165, 1.54) is 0 Å². The van der Waals surface area contributed by atoms with Gasteiger partial charge in [0.1, 0.15) is 24.4 Å². The van der Waals surface area contributed by atoms with Crippen molar-refractivity contribution in [3.05, 3.63) is 0 Å². The van der Waals surface area contributed by atoms with Crippen molar-refractivity contribution < 1.29 is 29.9 Å². The second-order valence-corrected chi connectivity index (χ2v) is 6.94. The first-order valence-corrected chi connectivity index (χ1v) is 8.22. The first kappa shape index (κ1) is 19.8. The van der Waals surface area contributed by atoms with E-state index in [9.17, 15) is 20.4 Å². The van der Waals surface area contributed by atoms with Crippen LogP contribution in [0.2, 0.25) is 0 Å². The van der Waals surface area contributed by atoms with Crippen LogP contribution in [0.15, 0.2) is 0 Å². The summed E-state index contributed by atoms with van der Waals surface area (Å²) in [5, 5.41) is 38.6. The van der Waals surface area contributed by atoms with E-state index in [4.69, 9.17) is 9.47 Å². The molecule has 0 spiro atoms. The van der Waals surface area contributed by atoms with Gasteiger partial charge in [-0.3, -0.25) is 0 Å². The summed E-state index contributed by atoms with van der Waals surface area (Å²) in [6, 6.07) is 0. The SMILES string of the molecule is CCC(C)(CCCC(C)C)OCC1OC(O)C(O)C(O)C1O. The molecule has 0 saturated carbocycles. The Kier molecular flexibility index (Phi) is 7.71. The van der Waals surface area contributed by atoms with E-state index < -0.39 is 30.7 Å². The molecule has 6 atom stereocenters. The molecule has 1 fully saturated rings. The molecule has 6 heteroatoms. The summed E-state index contributed by atoms with van der Waals surface area (Å²) in [6.07, 6.45) is -2.69. The molecule has 1 rings (SSSR count). The fourth-order valence-corrected chi connectivity index (χ4v) is 2.59. The Morgan fingerprint density at radius 2 is 1.73 bits per heavy atom. The maximum absolute atomic E-state index is 9.92. The average molecular weight is 320 g/mol. The molecule has 0 amide bonds. The minimum absolute atomic E-state index is 0.0635. The van der Waals surface area contributed by atoms with Crippen molar-refractivity contribution in [2.45, 2.75) is 89.7 Å². The lowest BCUT2D eigenvalue weighted by molar-refractivity contribution is -0.293. The number of ether oxygens (including phenoxy) is 2. The van der Waals surface area contributed by atoms with Crippen molar-refractivity contribution >= 4 is 0 Å². The molecule has 6 nitrogen and oxygen atoms in total. The Morgan fingerprint density at radius 1 is 1.09 bits per heavy atom. The van der Waals surface area contributed by atoms with E-state index in [2.05, 4.69) is 13.8 Å². The van der Waals surface area contributed by atoms with Crippen LogP contribution in [0, 0.1) is 5.92 Å². The fourth-order valence-electron chi connectivity index (χ4n) is 2.59. The minimum Gasteiger partial charge on any atom is -0.387 e. The van der Waals surface area contributed by atoms with Crippen LogP contribution in [-0.4, -0.2) is 63.3 Å². The lowest BCUT2D eigenvalue weighted by Gasteiger charge is -2.40. The highest BCUT2D eigenvalue weighted by atomic mass is 16.6. The molecule has 132 valence electrons. The largest absolute Gasteiger partial charge is 0.387 e. The summed E-state index contributed by atoms with van der Waals surface area (Å²) >= 11 is 0. The maximum atomic E-state index is 9.92. The van der Waals surface area contributed by atoms with Gasteiger partial charge in [0.2, 0.25) is 0 Å². The topological polar surface area (TPSA) is 99.4 Å². The molecule has 0 aromatic carbocycles. The van der Waals surface area contributed by atoms with Crippen LogP contribution in [0.3, 0.4) is 0 Å². The van der Waals surface area contributed by atoms with Gasteiger partial charge >= 0.3 is 0 Å². The summed E-state index contributed by atoms with van der Waals surface area (Å²) in [5.74, 6) is 0.649. The van der Waals surface area contributed by atoms with Crippen LogP contribution in [0.5, 0.6) is 0 Å².